The third kappa shape index (κ3) is 2.79. The van der Waals surface area contributed by atoms with Crippen LogP contribution in [0.2, 0.25) is 0 Å². The van der Waals surface area contributed by atoms with Crippen molar-refractivity contribution < 1.29 is 8.42 Å². The summed E-state index contributed by atoms with van der Waals surface area (Å²) < 4.78 is 22.2. The third-order valence-electron chi connectivity index (χ3n) is 1.84. The molecule has 0 spiro atoms. The van der Waals surface area contributed by atoms with Crippen molar-refractivity contribution in [2.24, 2.45) is 5.14 Å². The molecule has 7 heteroatoms. The summed E-state index contributed by atoms with van der Waals surface area (Å²) in [5.41, 5.74) is 0.761. The van der Waals surface area contributed by atoms with Gasteiger partial charge in [-0.05, 0) is 12.1 Å². The molecule has 1 aromatic heterocycles. The van der Waals surface area contributed by atoms with E-state index in [-0.39, 0.29) is 17.3 Å². The Morgan fingerprint density at radius 1 is 1.31 bits per heavy atom. The summed E-state index contributed by atoms with van der Waals surface area (Å²) in [6.07, 6.45) is 1.67. The van der Waals surface area contributed by atoms with E-state index in [4.69, 9.17) is 5.14 Å². The summed E-state index contributed by atoms with van der Waals surface area (Å²) in [6.45, 7) is 0. The van der Waals surface area contributed by atoms with Crippen LogP contribution in [0.25, 0.3) is 10.6 Å². The molecule has 1 aromatic carbocycles. The van der Waals surface area contributed by atoms with Gasteiger partial charge in [0, 0.05) is 17.1 Å². The maximum atomic E-state index is 11.1. The van der Waals surface area contributed by atoms with Crippen LogP contribution < -0.4 is 5.14 Å². The fourth-order valence-electron chi connectivity index (χ4n) is 1.17. The monoisotopic (exact) mass is 276 g/mol. The molecule has 0 aliphatic rings. The summed E-state index contributed by atoms with van der Waals surface area (Å²) in [7, 11) is -3.64. The quantitative estimate of drug-likeness (QED) is 0.910. The number of benzene rings is 1. The van der Waals surface area contributed by atoms with E-state index in [2.05, 4.69) is 4.98 Å². The minimum absolute atomic E-state index is 0. The van der Waals surface area contributed by atoms with E-state index >= 15 is 0 Å². The van der Waals surface area contributed by atoms with E-state index in [9.17, 15) is 8.42 Å². The zero-order valence-electron chi connectivity index (χ0n) is 8.03. The number of primary sulfonamides is 1. The number of hydrogen-bond donors (Lipinski definition) is 1. The van der Waals surface area contributed by atoms with Crippen LogP contribution >= 0.6 is 23.7 Å². The highest BCUT2D eigenvalue weighted by Gasteiger charge is 2.09. The molecular formula is C9H9ClN2O2S2. The fraction of sp³-hybridized carbons (Fsp3) is 0. The Labute approximate surface area is 104 Å². The lowest BCUT2D eigenvalue weighted by Crippen LogP contribution is -2.11. The van der Waals surface area contributed by atoms with Crippen LogP contribution in [-0.2, 0) is 10.0 Å². The van der Waals surface area contributed by atoms with E-state index in [1.54, 1.807) is 18.3 Å². The highest BCUT2D eigenvalue weighted by atomic mass is 35.5. The second kappa shape index (κ2) is 4.92. The fourth-order valence-corrected chi connectivity index (χ4v) is 2.37. The van der Waals surface area contributed by atoms with Crippen molar-refractivity contribution in [2.45, 2.75) is 4.90 Å². The second-order valence-electron chi connectivity index (χ2n) is 2.91. The van der Waals surface area contributed by atoms with Crippen molar-refractivity contribution in [3.05, 3.63) is 35.8 Å². The van der Waals surface area contributed by atoms with Gasteiger partial charge in [-0.25, -0.2) is 18.5 Å². The molecule has 0 radical (unpaired) electrons. The van der Waals surface area contributed by atoms with Gasteiger partial charge in [0.25, 0.3) is 0 Å². The normalized spacial score (nSPS) is 10.8. The SMILES string of the molecule is Cl.NS(=O)(=O)c1cccc(-c2nccs2)c1. The second-order valence-corrected chi connectivity index (χ2v) is 5.37. The standard InChI is InChI=1S/C9H8N2O2S2.ClH/c10-15(12,13)8-3-1-2-7(6-8)9-11-4-5-14-9;/h1-6H,(H2,10,12,13);1H. The van der Waals surface area contributed by atoms with E-state index < -0.39 is 10.0 Å². The molecule has 0 bridgehead atoms. The van der Waals surface area contributed by atoms with Gasteiger partial charge in [-0.2, -0.15) is 0 Å². The number of thiazole rings is 1. The van der Waals surface area contributed by atoms with Crippen LogP contribution in [0.3, 0.4) is 0 Å². The molecule has 0 atom stereocenters. The summed E-state index contributed by atoms with van der Waals surface area (Å²) in [6, 6.07) is 6.44. The van der Waals surface area contributed by atoms with Crippen LogP contribution in [0.1, 0.15) is 0 Å². The van der Waals surface area contributed by atoms with Crippen molar-refractivity contribution in [3.63, 3.8) is 0 Å². The van der Waals surface area contributed by atoms with Gasteiger partial charge in [-0.1, -0.05) is 12.1 Å². The molecule has 4 nitrogen and oxygen atoms in total. The van der Waals surface area contributed by atoms with Gasteiger partial charge < -0.3 is 0 Å². The molecule has 0 amide bonds. The molecule has 86 valence electrons. The first-order chi connectivity index (χ1) is 7.07. The Kier molecular flexibility index (Phi) is 4.03. The van der Waals surface area contributed by atoms with E-state index in [0.717, 1.165) is 10.6 Å². The maximum Gasteiger partial charge on any atom is 0.238 e. The maximum absolute atomic E-state index is 11.1. The average Bonchev–Trinajstić information content (AvgIpc) is 2.69. The van der Waals surface area contributed by atoms with Crippen LogP contribution in [0.15, 0.2) is 40.7 Å². The lowest BCUT2D eigenvalue weighted by atomic mass is 10.2. The largest absolute Gasteiger partial charge is 0.245 e. The van der Waals surface area contributed by atoms with Crippen molar-refractivity contribution >= 4 is 33.8 Å². The number of nitrogens with two attached hydrogens (primary N) is 1. The Hall–Kier alpha value is -0.950. The average molecular weight is 277 g/mol. The zero-order chi connectivity index (χ0) is 10.9. The molecule has 0 saturated carbocycles. The van der Waals surface area contributed by atoms with Gasteiger partial charge in [0.2, 0.25) is 10.0 Å². The molecule has 2 N–H and O–H groups in total. The van der Waals surface area contributed by atoms with Crippen LogP contribution in [0.4, 0.5) is 0 Å². The lowest BCUT2D eigenvalue weighted by Gasteiger charge is -2.00. The highest BCUT2D eigenvalue weighted by molar-refractivity contribution is 7.89. The third-order valence-corrected chi connectivity index (χ3v) is 3.58. The number of halogens is 1. The smallest absolute Gasteiger partial charge is 0.238 e. The Bertz CT molecular complexity index is 567. The van der Waals surface area contributed by atoms with Gasteiger partial charge in [-0.15, -0.1) is 23.7 Å². The molecule has 2 aromatic rings. The topological polar surface area (TPSA) is 73.1 Å². The van der Waals surface area contributed by atoms with Gasteiger partial charge in [0.15, 0.2) is 0 Å². The first kappa shape index (κ1) is 13.1. The molecule has 0 aliphatic heterocycles. The molecule has 0 saturated heterocycles. The number of aromatic nitrogens is 1. The molecule has 16 heavy (non-hydrogen) atoms. The minimum atomic E-state index is -3.64. The Morgan fingerprint density at radius 2 is 2.06 bits per heavy atom. The van der Waals surface area contributed by atoms with E-state index in [0.29, 0.717) is 0 Å². The van der Waals surface area contributed by atoms with Crippen molar-refractivity contribution in [3.8, 4) is 10.6 Å². The minimum Gasteiger partial charge on any atom is -0.245 e. The molecular weight excluding hydrogens is 268 g/mol. The van der Waals surface area contributed by atoms with Crippen molar-refractivity contribution in [1.29, 1.82) is 0 Å². The van der Waals surface area contributed by atoms with Crippen LogP contribution in [0.5, 0.6) is 0 Å². The predicted molar refractivity (Wildman–Crippen MR) is 66.2 cm³/mol. The van der Waals surface area contributed by atoms with E-state index in [1.165, 1.54) is 23.5 Å². The highest BCUT2D eigenvalue weighted by Crippen LogP contribution is 2.23. The number of rotatable bonds is 2. The number of nitrogens with zero attached hydrogens (tertiary/aromatic N) is 1. The molecule has 0 fully saturated rings. The van der Waals surface area contributed by atoms with Crippen molar-refractivity contribution in [2.75, 3.05) is 0 Å². The number of hydrogen-bond acceptors (Lipinski definition) is 4. The zero-order valence-corrected chi connectivity index (χ0v) is 10.5. The van der Waals surface area contributed by atoms with Crippen molar-refractivity contribution in [1.82, 2.24) is 4.98 Å². The van der Waals surface area contributed by atoms with Gasteiger partial charge in [-0.3, -0.25) is 0 Å². The van der Waals surface area contributed by atoms with Crippen LogP contribution in [0, 0.1) is 0 Å². The van der Waals surface area contributed by atoms with E-state index in [1.807, 2.05) is 5.38 Å². The first-order valence-electron chi connectivity index (χ1n) is 4.10. The number of sulfonamides is 1. The van der Waals surface area contributed by atoms with Gasteiger partial charge >= 0.3 is 0 Å². The molecule has 0 aliphatic carbocycles. The first-order valence-corrected chi connectivity index (χ1v) is 6.53. The van der Waals surface area contributed by atoms with Gasteiger partial charge in [0.05, 0.1) is 4.90 Å². The Morgan fingerprint density at radius 3 is 2.62 bits per heavy atom. The lowest BCUT2D eigenvalue weighted by molar-refractivity contribution is 0.598. The molecule has 1 heterocycles. The van der Waals surface area contributed by atoms with Crippen LogP contribution in [-0.4, -0.2) is 13.4 Å². The van der Waals surface area contributed by atoms with Gasteiger partial charge in [0.1, 0.15) is 5.01 Å². The summed E-state index contributed by atoms with van der Waals surface area (Å²) in [5.74, 6) is 0. The predicted octanol–water partition coefficient (Wildman–Crippen LogP) is 1.88. The molecule has 2 rings (SSSR count). The molecule has 0 unspecified atom stereocenters. The Balaban J connectivity index is 0.00000128. The summed E-state index contributed by atoms with van der Waals surface area (Å²) in [4.78, 5) is 4.20. The summed E-state index contributed by atoms with van der Waals surface area (Å²) >= 11 is 1.45. The summed E-state index contributed by atoms with van der Waals surface area (Å²) in [5, 5.41) is 7.64.